The summed E-state index contributed by atoms with van der Waals surface area (Å²) in [6.07, 6.45) is 0. The lowest BCUT2D eigenvalue weighted by atomic mass is 10.1. The number of nitrogens with zero attached hydrogens (tertiary/aromatic N) is 2. The van der Waals surface area contributed by atoms with E-state index in [4.69, 9.17) is 17.0 Å². The van der Waals surface area contributed by atoms with Crippen LogP contribution in [0.2, 0.25) is 0 Å². The molecule has 1 aromatic heterocycles. The van der Waals surface area contributed by atoms with Gasteiger partial charge in [-0.05, 0) is 50.2 Å². The van der Waals surface area contributed by atoms with Gasteiger partial charge in [0, 0.05) is 0 Å². The minimum absolute atomic E-state index is 0.0866. The number of H-pyrrole nitrogens is 1. The van der Waals surface area contributed by atoms with E-state index in [0.717, 1.165) is 11.1 Å². The zero-order chi connectivity index (χ0) is 14.7. The van der Waals surface area contributed by atoms with Crippen molar-refractivity contribution in [3.8, 4) is 5.75 Å². The first-order chi connectivity index (χ1) is 9.49. The van der Waals surface area contributed by atoms with Gasteiger partial charge in [-0.15, -0.1) is 0 Å². The Bertz CT molecular complexity index is 690. The molecule has 1 amide bonds. The minimum atomic E-state index is -0.300. The first-order valence-electron chi connectivity index (χ1n) is 6.12. The molecule has 0 spiro atoms. The fraction of sp³-hybridized carbons (Fsp3) is 0.308. The lowest BCUT2D eigenvalue weighted by Crippen LogP contribution is -2.29. The van der Waals surface area contributed by atoms with Crippen LogP contribution < -0.4 is 10.2 Å². The molecule has 2 N–H and O–H groups in total. The molecule has 0 fully saturated rings. The number of aromatic nitrogens is 3. The molecule has 0 saturated carbocycles. The van der Waals surface area contributed by atoms with E-state index in [9.17, 15) is 4.79 Å². The number of rotatable bonds is 4. The molecule has 0 unspecified atom stereocenters. The van der Waals surface area contributed by atoms with Gasteiger partial charge in [0.15, 0.2) is 6.61 Å². The van der Waals surface area contributed by atoms with Gasteiger partial charge in [0.1, 0.15) is 11.6 Å². The summed E-state index contributed by atoms with van der Waals surface area (Å²) in [7, 11) is 0. The van der Waals surface area contributed by atoms with Gasteiger partial charge < -0.3 is 4.74 Å². The molecule has 1 aromatic carbocycles. The molecule has 0 aliphatic carbocycles. The van der Waals surface area contributed by atoms with Gasteiger partial charge in [-0.2, -0.15) is 5.10 Å². The van der Waals surface area contributed by atoms with Gasteiger partial charge in [0.25, 0.3) is 5.91 Å². The Morgan fingerprint density at radius 3 is 2.85 bits per heavy atom. The van der Waals surface area contributed by atoms with Gasteiger partial charge in [0.05, 0.1) is 0 Å². The SMILES string of the molecule is Cc1cccc(OCC(=O)Nn2c(C)n[nH]c2=S)c1C. The summed E-state index contributed by atoms with van der Waals surface area (Å²) >= 11 is 5.00. The average molecular weight is 292 g/mol. The highest BCUT2D eigenvalue weighted by atomic mass is 32.1. The summed E-state index contributed by atoms with van der Waals surface area (Å²) in [4.78, 5) is 11.8. The number of benzene rings is 1. The molecule has 0 aliphatic heterocycles. The van der Waals surface area contributed by atoms with Gasteiger partial charge in [0.2, 0.25) is 4.77 Å². The molecule has 0 saturated heterocycles. The third-order valence-corrected chi connectivity index (χ3v) is 3.26. The van der Waals surface area contributed by atoms with Crippen molar-refractivity contribution < 1.29 is 9.53 Å². The van der Waals surface area contributed by atoms with Crippen molar-refractivity contribution in [3.63, 3.8) is 0 Å². The second kappa shape index (κ2) is 5.87. The number of ether oxygens (including phenoxy) is 1. The molecule has 2 aromatic rings. The lowest BCUT2D eigenvalue weighted by molar-refractivity contribution is -0.119. The van der Waals surface area contributed by atoms with Crippen LogP contribution in [-0.2, 0) is 4.79 Å². The maximum Gasteiger partial charge on any atom is 0.276 e. The fourth-order valence-electron chi connectivity index (χ4n) is 1.69. The van der Waals surface area contributed by atoms with Crippen LogP contribution in [0, 0.1) is 25.5 Å². The van der Waals surface area contributed by atoms with Crippen LogP contribution in [0.4, 0.5) is 0 Å². The standard InChI is InChI=1S/C13H16N4O2S/c1-8-5-4-6-11(9(8)2)19-7-12(18)16-17-10(3)14-15-13(17)20/h4-6H,7H2,1-3H3,(H,15,20)(H,16,18). The number of carbonyl (C=O) groups is 1. The number of aryl methyl sites for hydroxylation is 2. The highest BCUT2D eigenvalue weighted by molar-refractivity contribution is 7.71. The molecular weight excluding hydrogens is 276 g/mol. The zero-order valence-electron chi connectivity index (χ0n) is 11.6. The van der Waals surface area contributed by atoms with Crippen molar-refractivity contribution in [2.75, 3.05) is 12.0 Å². The molecule has 7 heteroatoms. The van der Waals surface area contributed by atoms with Gasteiger partial charge in [-0.25, -0.2) is 4.68 Å². The predicted octanol–water partition coefficient (Wildman–Crippen LogP) is 2.02. The Balaban J connectivity index is 1.99. The minimum Gasteiger partial charge on any atom is -0.483 e. The molecule has 0 aliphatic rings. The Kier molecular flexibility index (Phi) is 4.19. The van der Waals surface area contributed by atoms with Crippen molar-refractivity contribution in [3.05, 3.63) is 39.9 Å². The maximum absolute atomic E-state index is 11.8. The highest BCUT2D eigenvalue weighted by Gasteiger charge is 2.08. The molecule has 0 atom stereocenters. The van der Waals surface area contributed by atoms with Crippen LogP contribution in [0.15, 0.2) is 18.2 Å². The monoisotopic (exact) mass is 292 g/mol. The van der Waals surface area contributed by atoms with Crippen LogP contribution in [0.5, 0.6) is 5.75 Å². The van der Waals surface area contributed by atoms with Gasteiger partial charge in [-0.1, -0.05) is 12.1 Å². The molecule has 1 heterocycles. The molecule has 0 radical (unpaired) electrons. The second-order valence-corrected chi connectivity index (χ2v) is 4.82. The summed E-state index contributed by atoms with van der Waals surface area (Å²) < 4.78 is 7.26. The Labute approximate surface area is 121 Å². The topological polar surface area (TPSA) is 71.9 Å². The summed E-state index contributed by atoms with van der Waals surface area (Å²) in [5.41, 5.74) is 4.76. The lowest BCUT2D eigenvalue weighted by Gasteiger charge is -2.11. The Morgan fingerprint density at radius 1 is 1.45 bits per heavy atom. The number of amides is 1. The summed E-state index contributed by atoms with van der Waals surface area (Å²) in [5, 5.41) is 6.50. The summed E-state index contributed by atoms with van der Waals surface area (Å²) in [5.74, 6) is 0.981. The van der Waals surface area contributed by atoms with E-state index >= 15 is 0 Å². The molecule has 6 nitrogen and oxygen atoms in total. The van der Waals surface area contributed by atoms with E-state index < -0.39 is 0 Å². The van der Waals surface area contributed by atoms with Crippen LogP contribution in [0.3, 0.4) is 0 Å². The van der Waals surface area contributed by atoms with Crippen molar-refractivity contribution in [1.82, 2.24) is 14.9 Å². The number of hydrogen-bond acceptors (Lipinski definition) is 4. The van der Waals surface area contributed by atoms with E-state index in [2.05, 4.69) is 15.6 Å². The first kappa shape index (κ1) is 14.3. The van der Waals surface area contributed by atoms with Crippen molar-refractivity contribution in [2.24, 2.45) is 0 Å². The van der Waals surface area contributed by atoms with Crippen molar-refractivity contribution in [1.29, 1.82) is 0 Å². The van der Waals surface area contributed by atoms with Crippen LogP contribution >= 0.6 is 12.2 Å². The van der Waals surface area contributed by atoms with E-state index in [1.807, 2.05) is 32.0 Å². The quantitative estimate of drug-likeness (QED) is 0.846. The second-order valence-electron chi connectivity index (χ2n) is 4.43. The van der Waals surface area contributed by atoms with Crippen LogP contribution in [0.1, 0.15) is 17.0 Å². The van der Waals surface area contributed by atoms with E-state index in [0.29, 0.717) is 16.3 Å². The van der Waals surface area contributed by atoms with E-state index in [1.54, 1.807) is 6.92 Å². The van der Waals surface area contributed by atoms with Gasteiger partial charge in [-0.3, -0.25) is 15.3 Å². The van der Waals surface area contributed by atoms with Crippen molar-refractivity contribution >= 4 is 18.1 Å². The fourth-order valence-corrected chi connectivity index (χ4v) is 1.91. The predicted molar refractivity (Wildman–Crippen MR) is 77.9 cm³/mol. The number of hydrogen-bond donors (Lipinski definition) is 2. The normalized spacial score (nSPS) is 10.3. The zero-order valence-corrected chi connectivity index (χ0v) is 12.4. The maximum atomic E-state index is 11.8. The van der Waals surface area contributed by atoms with Gasteiger partial charge >= 0.3 is 0 Å². The molecule has 20 heavy (non-hydrogen) atoms. The number of aromatic amines is 1. The van der Waals surface area contributed by atoms with Crippen molar-refractivity contribution in [2.45, 2.75) is 20.8 Å². The summed E-state index contributed by atoms with van der Waals surface area (Å²) in [6.45, 7) is 5.60. The molecular formula is C13H16N4O2S. The van der Waals surface area contributed by atoms with E-state index in [1.165, 1.54) is 4.68 Å². The highest BCUT2D eigenvalue weighted by Crippen LogP contribution is 2.20. The molecule has 0 bridgehead atoms. The average Bonchev–Trinajstić information content (AvgIpc) is 2.72. The smallest absolute Gasteiger partial charge is 0.276 e. The third-order valence-electron chi connectivity index (χ3n) is 2.99. The third kappa shape index (κ3) is 3.05. The largest absolute Gasteiger partial charge is 0.483 e. The first-order valence-corrected chi connectivity index (χ1v) is 6.52. The Hall–Kier alpha value is -2.15. The summed E-state index contributed by atoms with van der Waals surface area (Å²) in [6, 6.07) is 5.73. The molecule has 2 rings (SSSR count). The Morgan fingerprint density at radius 2 is 2.20 bits per heavy atom. The number of nitrogens with one attached hydrogen (secondary N) is 2. The van der Waals surface area contributed by atoms with E-state index in [-0.39, 0.29) is 12.5 Å². The molecule has 106 valence electrons. The van der Waals surface area contributed by atoms with Crippen LogP contribution in [0.25, 0.3) is 0 Å². The van der Waals surface area contributed by atoms with Crippen LogP contribution in [-0.4, -0.2) is 27.4 Å². The number of carbonyl (C=O) groups excluding carboxylic acids is 1.